The Morgan fingerprint density at radius 2 is 1.67 bits per heavy atom. The maximum Gasteiger partial charge on any atom is 0.339 e. The van der Waals surface area contributed by atoms with E-state index >= 15 is 0 Å². The first-order valence-corrected chi connectivity index (χ1v) is 12.8. The van der Waals surface area contributed by atoms with Crippen LogP contribution in [0.5, 0.6) is 5.75 Å². The van der Waals surface area contributed by atoms with Gasteiger partial charge in [-0.1, -0.05) is 73.2 Å². The number of nitriles is 1. The van der Waals surface area contributed by atoms with Gasteiger partial charge in [0.25, 0.3) is 5.91 Å². The highest BCUT2D eigenvalue weighted by atomic mass is 32.2. The molecular formula is C29H24N2O4S. The molecule has 0 unspecified atom stereocenters. The minimum absolute atomic E-state index is 0.00519. The normalized spacial score (nSPS) is 11.6. The van der Waals surface area contributed by atoms with Crippen molar-refractivity contribution in [3.63, 3.8) is 0 Å². The Morgan fingerprint density at radius 3 is 2.39 bits per heavy atom. The Morgan fingerprint density at radius 1 is 0.972 bits per heavy atom. The van der Waals surface area contributed by atoms with Gasteiger partial charge in [0, 0.05) is 11.3 Å². The summed E-state index contributed by atoms with van der Waals surface area (Å²) in [7, 11) is -4.15. The van der Waals surface area contributed by atoms with Gasteiger partial charge in [0.05, 0.1) is 0 Å². The van der Waals surface area contributed by atoms with Crippen molar-refractivity contribution >= 4 is 38.6 Å². The van der Waals surface area contributed by atoms with E-state index in [9.17, 15) is 18.5 Å². The van der Waals surface area contributed by atoms with Gasteiger partial charge in [0.1, 0.15) is 16.5 Å². The number of para-hydroxylation sites is 1. The molecule has 0 atom stereocenters. The Labute approximate surface area is 210 Å². The molecule has 7 heteroatoms. The van der Waals surface area contributed by atoms with Crippen LogP contribution >= 0.6 is 0 Å². The number of amides is 1. The topological polar surface area (TPSA) is 96.3 Å². The second kappa shape index (κ2) is 10.5. The summed E-state index contributed by atoms with van der Waals surface area (Å²) in [5.41, 5.74) is 2.59. The van der Waals surface area contributed by atoms with Crippen molar-refractivity contribution in [1.29, 1.82) is 5.26 Å². The minimum atomic E-state index is -4.15. The molecule has 0 spiro atoms. The third kappa shape index (κ3) is 5.29. The zero-order chi connectivity index (χ0) is 25.7. The van der Waals surface area contributed by atoms with Gasteiger partial charge in [0.15, 0.2) is 5.75 Å². The highest BCUT2D eigenvalue weighted by Crippen LogP contribution is 2.32. The van der Waals surface area contributed by atoms with Crippen molar-refractivity contribution < 1.29 is 17.4 Å². The third-order valence-electron chi connectivity index (χ3n) is 5.74. The number of aryl methyl sites for hydroxylation is 2. The van der Waals surface area contributed by atoms with Gasteiger partial charge in [-0.3, -0.25) is 4.79 Å². The predicted octanol–water partition coefficient (Wildman–Crippen LogP) is 6.02. The Bertz CT molecular complexity index is 1620. The molecular weight excluding hydrogens is 472 g/mol. The molecule has 6 nitrogen and oxygen atoms in total. The number of nitrogens with one attached hydrogen (secondary N) is 1. The highest BCUT2D eigenvalue weighted by molar-refractivity contribution is 7.87. The van der Waals surface area contributed by atoms with Crippen LogP contribution in [0.4, 0.5) is 5.69 Å². The monoisotopic (exact) mass is 496 g/mol. The molecule has 4 aromatic rings. The number of hydrogen-bond donors (Lipinski definition) is 1. The fourth-order valence-electron chi connectivity index (χ4n) is 3.80. The van der Waals surface area contributed by atoms with Crippen LogP contribution in [0.25, 0.3) is 16.8 Å². The van der Waals surface area contributed by atoms with Crippen LogP contribution < -0.4 is 9.50 Å². The van der Waals surface area contributed by atoms with E-state index in [1.807, 2.05) is 44.2 Å². The fraction of sp³-hybridized carbons (Fsp3) is 0.103. The molecule has 1 amide bonds. The molecule has 0 radical (unpaired) electrons. The quantitative estimate of drug-likeness (QED) is 0.192. The van der Waals surface area contributed by atoms with Crippen LogP contribution in [-0.4, -0.2) is 14.3 Å². The van der Waals surface area contributed by atoms with Gasteiger partial charge in [0.2, 0.25) is 0 Å². The minimum Gasteiger partial charge on any atom is -0.378 e. The first-order valence-electron chi connectivity index (χ1n) is 11.4. The Kier molecular flexibility index (Phi) is 7.18. The number of benzene rings is 4. The molecule has 4 rings (SSSR count). The standard InChI is InChI=1S/C29H24N2O4S/c1-3-21-8-5-7-11-27(21)31-29(32)23(19-30)18-26-25-10-6-4-9-22(25)14-17-28(26)35-36(33,34)24-15-12-20(2)13-16-24/h4-18H,3H2,1-2H3,(H,31,32)/b23-18+. The molecule has 0 aliphatic heterocycles. The van der Waals surface area contributed by atoms with Gasteiger partial charge in [-0.15, -0.1) is 0 Å². The fourth-order valence-corrected chi connectivity index (χ4v) is 4.75. The zero-order valence-electron chi connectivity index (χ0n) is 19.9. The van der Waals surface area contributed by atoms with E-state index in [1.54, 1.807) is 42.5 Å². The maximum absolute atomic E-state index is 13.0. The summed E-state index contributed by atoms with van der Waals surface area (Å²) in [5, 5.41) is 14.1. The third-order valence-corrected chi connectivity index (χ3v) is 6.99. The number of carbonyl (C=O) groups is 1. The first-order chi connectivity index (χ1) is 17.3. The lowest BCUT2D eigenvalue weighted by Crippen LogP contribution is -2.15. The Balaban J connectivity index is 1.78. The molecule has 0 fully saturated rings. The van der Waals surface area contributed by atoms with Gasteiger partial charge in [-0.25, -0.2) is 0 Å². The summed E-state index contributed by atoms with van der Waals surface area (Å²) >= 11 is 0. The molecule has 0 saturated heterocycles. The van der Waals surface area contributed by atoms with Gasteiger partial charge >= 0.3 is 10.1 Å². The van der Waals surface area contributed by atoms with E-state index < -0.39 is 16.0 Å². The van der Waals surface area contributed by atoms with E-state index in [4.69, 9.17) is 4.18 Å². The molecule has 0 bridgehead atoms. The number of rotatable bonds is 7. The van der Waals surface area contributed by atoms with Crippen LogP contribution in [0.3, 0.4) is 0 Å². The lowest BCUT2D eigenvalue weighted by atomic mass is 10.0. The summed E-state index contributed by atoms with van der Waals surface area (Å²) in [5.74, 6) is -0.581. The van der Waals surface area contributed by atoms with Crippen LogP contribution in [0.1, 0.15) is 23.6 Å². The van der Waals surface area contributed by atoms with Crippen molar-refractivity contribution in [3.05, 3.63) is 107 Å². The maximum atomic E-state index is 13.0. The molecule has 36 heavy (non-hydrogen) atoms. The number of hydrogen-bond acceptors (Lipinski definition) is 5. The summed E-state index contributed by atoms with van der Waals surface area (Å²) in [6.07, 6.45) is 2.08. The average Bonchev–Trinajstić information content (AvgIpc) is 2.88. The Hall–Kier alpha value is -4.41. The van der Waals surface area contributed by atoms with Crippen LogP contribution in [0.2, 0.25) is 0 Å². The molecule has 4 aromatic carbocycles. The number of nitrogens with zero attached hydrogens (tertiary/aromatic N) is 1. The SMILES string of the molecule is CCc1ccccc1NC(=O)/C(C#N)=C/c1c(OS(=O)(=O)c2ccc(C)cc2)ccc2ccccc12. The molecule has 0 aliphatic carbocycles. The van der Waals surface area contributed by atoms with E-state index in [1.165, 1.54) is 24.3 Å². The summed E-state index contributed by atoms with van der Waals surface area (Å²) in [6.45, 7) is 3.83. The van der Waals surface area contributed by atoms with Crippen molar-refractivity contribution in [3.8, 4) is 11.8 Å². The van der Waals surface area contributed by atoms with Crippen molar-refractivity contribution in [2.24, 2.45) is 0 Å². The second-order valence-corrected chi connectivity index (χ2v) is 9.73. The average molecular weight is 497 g/mol. The lowest BCUT2D eigenvalue weighted by molar-refractivity contribution is -0.112. The number of carbonyl (C=O) groups excluding carboxylic acids is 1. The summed E-state index contributed by atoms with van der Waals surface area (Å²) in [4.78, 5) is 13.0. The molecule has 0 heterocycles. The van der Waals surface area contributed by atoms with Crippen LogP contribution in [-0.2, 0) is 21.3 Å². The van der Waals surface area contributed by atoms with Gasteiger partial charge < -0.3 is 9.50 Å². The highest BCUT2D eigenvalue weighted by Gasteiger charge is 2.21. The van der Waals surface area contributed by atoms with Crippen molar-refractivity contribution in [2.75, 3.05) is 5.32 Å². The zero-order valence-corrected chi connectivity index (χ0v) is 20.7. The van der Waals surface area contributed by atoms with Crippen LogP contribution in [0.15, 0.2) is 95.4 Å². The second-order valence-electron chi connectivity index (χ2n) is 8.18. The number of fused-ring (bicyclic) bond motifs is 1. The van der Waals surface area contributed by atoms with Crippen LogP contribution in [0, 0.1) is 18.3 Å². The summed E-state index contributed by atoms with van der Waals surface area (Å²) in [6, 6.07) is 26.1. The first kappa shape index (κ1) is 24.7. The molecule has 180 valence electrons. The predicted molar refractivity (Wildman–Crippen MR) is 141 cm³/mol. The van der Waals surface area contributed by atoms with Crippen molar-refractivity contribution in [2.45, 2.75) is 25.2 Å². The van der Waals surface area contributed by atoms with E-state index in [0.717, 1.165) is 16.5 Å². The largest absolute Gasteiger partial charge is 0.378 e. The van der Waals surface area contributed by atoms with E-state index in [-0.39, 0.29) is 16.2 Å². The number of anilines is 1. The molecule has 1 N–H and O–H groups in total. The smallest absolute Gasteiger partial charge is 0.339 e. The van der Waals surface area contributed by atoms with Gasteiger partial charge in [-0.2, -0.15) is 13.7 Å². The van der Waals surface area contributed by atoms with Gasteiger partial charge in [-0.05, 0) is 60.0 Å². The van der Waals surface area contributed by atoms with Crippen molar-refractivity contribution in [1.82, 2.24) is 0 Å². The summed E-state index contributed by atoms with van der Waals surface area (Å²) < 4.78 is 31.6. The van der Waals surface area contributed by atoms with E-state index in [2.05, 4.69) is 5.32 Å². The molecule has 0 saturated carbocycles. The molecule has 0 aliphatic rings. The van der Waals surface area contributed by atoms with E-state index in [0.29, 0.717) is 23.1 Å². The molecule has 0 aromatic heterocycles. The lowest BCUT2D eigenvalue weighted by Gasteiger charge is -2.13.